The van der Waals surface area contributed by atoms with E-state index in [1.165, 1.54) is 38.5 Å². The molecule has 4 bridgehead atoms. The second-order valence-electron chi connectivity index (χ2n) is 7.55. The molecule has 2 nitrogen and oxygen atoms in total. The highest BCUT2D eigenvalue weighted by molar-refractivity contribution is 5.31. The third-order valence-corrected chi connectivity index (χ3v) is 5.47. The molecule has 0 heterocycles. The minimum atomic E-state index is 0.0792. The van der Waals surface area contributed by atoms with Crippen LogP contribution in [0.15, 0.2) is 24.3 Å². The van der Waals surface area contributed by atoms with Crippen molar-refractivity contribution in [2.45, 2.75) is 51.0 Å². The molecule has 4 aliphatic carbocycles. The van der Waals surface area contributed by atoms with Crippen molar-refractivity contribution in [3.8, 4) is 11.5 Å². The molecular formula is C17H22O2. The molecule has 19 heavy (non-hydrogen) atoms. The molecule has 1 aromatic carbocycles. The average Bonchev–Trinajstić information content (AvgIpc) is 2.28. The summed E-state index contributed by atoms with van der Waals surface area (Å²) in [4.78, 5) is 0. The van der Waals surface area contributed by atoms with Crippen LogP contribution in [0.2, 0.25) is 0 Å². The maximum Gasteiger partial charge on any atom is 0.120 e. The molecule has 0 amide bonds. The van der Waals surface area contributed by atoms with Gasteiger partial charge in [-0.05, 0) is 80.0 Å². The van der Waals surface area contributed by atoms with Crippen molar-refractivity contribution in [3.63, 3.8) is 0 Å². The fourth-order valence-corrected chi connectivity index (χ4v) is 5.51. The first kappa shape index (κ1) is 11.6. The molecule has 0 aromatic heterocycles. The van der Waals surface area contributed by atoms with Gasteiger partial charge in [0.25, 0.3) is 0 Å². The normalized spacial score (nSPS) is 43.4. The molecule has 4 fully saturated rings. The SMILES string of the molecule is CC12CC3CC(C1)CC(Oc1ccc(O)cc1)(C3)C2. The second-order valence-corrected chi connectivity index (χ2v) is 7.55. The Bertz CT molecular complexity index is 476. The first-order valence-electron chi connectivity index (χ1n) is 7.52. The van der Waals surface area contributed by atoms with Crippen molar-refractivity contribution >= 4 is 0 Å². The summed E-state index contributed by atoms with van der Waals surface area (Å²) in [6, 6.07) is 7.24. The number of hydrogen-bond donors (Lipinski definition) is 1. The Hall–Kier alpha value is -1.18. The van der Waals surface area contributed by atoms with Crippen LogP contribution in [0.1, 0.15) is 45.4 Å². The van der Waals surface area contributed by atoms with Gasteiger partial charge in [0.05, 0.1) is 0 Å². The van der Waals surface area contributed by atoms with Gasteiger partial charge in [-0.2, -0.15) is 0 Å². The van der Waals surface area contributed by atoms with Crippen LogP contribution in [0.3, 0.4) is 0 Å². The van der Waals surface area contributed by atoms with E-state index in [1.54, 1.807) is 12.1 Å². The topological polar surface area (TPSA) is 29.5 Å². The van der Waals surface area contributed by atoms with Crippen molar-refractivity contribution in [1.29, 1.82) is 0 Å². The van der Waals surface area contributed by atoms with E-state index in [1.807, 2.05) is 12.1 Å². The van der Waals surface area contributed by atoms with E-state index in [9.17, 15) is 5.11 Å². The fourth-order valence-electron chi connectivity index (χ4n) is 5.51. The Morgan fingerprint density at radius 3 is 2.26 bits per heavy atom. The molecular weight excluding hydrogens is 236 g/mol. The van der Waals surface area contributed by atoms with Gasteiger partial charge >= 0.3 is 0 Å². The van der Waals surface area contributed by atoms with E-state index in [2.05, 4.69) is 6.92 Å². The van der Waals surface area contributed by atoms with Gasteiger partial charge in [0, 0.05) is 0 Å². The van der Waals surface area contributed by atoms with Crippen LogP contribution >= 0.6 is 0 Å². The molecule has 102 valence electrons. The van der Waals surface area contributed by atoms with E-state index >= 15 is 0 Å². The highest BCUT2D eigenvalue weighted by Gasteiger charge is 2.57. The Morgan fingerprint density at radius 2 is 1.68 bits per heavy atom. The van der Waals surface area contributed by atoms with Crippen LogP contribution in [0, 0.1) is 17.3 Å². The molecule has 4 saturated carbocycles. The second kappa shape index (κ2) is 3.68. The quantitative estimate of drug-likeness (QED) is 0.864. The summed E-state index contributed by atoms with van der Waals surface area (Å²) < 4.78 is 6.42. The standard InChI is InChI=1S/C17H22O2/c1-16-7-12-6-13(8-16)10-17(9-12,11-16)19-15-4-2-14(18)3-5-15/h2-5,12-13,18H,6-11H2,1H3. The zero-order valence-electron chi connectivity index (χ0n) is 11.6. The van der Waals surface area contributed by atoms with Crippen LogP contribution in [-0.4, -0.2) is 10.7 Å². The number of ether oxygens (including phenoxy) is 1. The molecule has 0 saturated heterocycles. The van der Waals surface area contributed by atoms with E-state index in [-0.39, 0.29) is 5.60 Å². The van der Waals surface area contributed by atoms with Crippen LogP contribution < -0.4 is 4.74 Å². The Morgan fingerprint density at radius 1 is 1.05 bits per heavy atom. The van der Waals surface area contributed by atoms with E-state index in [0.717, 1.165) is 17.6 Å². The number of phenolic OH excluding ortho intramolecular Hbond substituents is 1. The smallest absolute Gasteiger partial charge is 0.120 e. The number of benzene rings is 1. The van der Waals surface area contributed by atoms with Gasteiger partial charge in [-0.25, -0.2) is 0 Å². The average molecular weight is 258 g/mol. The van der Waals surface area contributed by atoms with Crippen LogP contribution in [0.4, 0.5) is 0 Å². The summed E-state index contributed by atoms with van der Waals surface area (Å²) in [5.74, 6) is 2.99. The van der Waals surface area contributed by atoms with E-state index in [0.29, 0.717) is 11.2 Å². The molecule has 0 spiro atoms. The lowest BCUT2D eigenvalue weighted by molar-refractivity contribution is -0.143. The van der Waals surface area contributed by atoms with Crippen LogP contribution in [-0.2, 0) is 0 Å². The molecule has 0 radical (unpaired) electrons. The van der Waals surface area contributed by atoms with Gasteiger partial charge in [0.15, 0.2) is 0 Å². The molecule has 1 N–H and O–H groups in total. The molecule has 0 aliphatic heterocycles. The highest BCUT2D eigenvalue weighted by Crippen LogP contribution is 2.62. The number of rotatable bonds is 2. The number of phenols is 1. The van der Waals surface area contributed by atoms with Crippen molar-refractivity contribution in [2.24, 2.45) is 17.3 Å². The third kappa shape index (κ3) is 1.92. The lowest BCUT2D eigenvalue weighted by Gasteiger charge is -2.60. The summed E-state index contributed by atoms with van der Waals surface area (Å²) in [5.41, 5.74) is 0.594. The van der Waals surface area contributed by atoms with Gasteiger partial charge < -0.3 is 9.84 Å². The molecule has 2 unspecified atom stereocenters. The summed E-state index contributed by atoms with van der Waals surface area (Å²) in [7, 11) is 0. The van der Waals surface area contributed by atoms with Crippen molar-refractivity contribution in [2.75, 3.05) is 0 Å². The fraction of sp³-hybridized carbons (Fsp3) is 0.647. The van der Waals surface area contributed by atoms with E-state index in [4.69, 9.17) is 4.74 Å². The van der Waals surface area contributed by atoms with Gasteiger partial charge in [0.1, 0.15) is 17.1 Å². The van der Waals surface area contributed by atoms with Gasteiger partial charge in [0.2, 0.25) is 0 Å². The lowest BCUT2D eigenvalue weighted by Crippen LogP contribution is -2.57. The van der Waals surface area contributed by atoms with Crippen molar-refractivity contribution in [1.82, 2.24) is 0 Å². The van der Waals surface area contributed by atoms with Crippen LogP contribution in [0.25, 0.3) is 0 Å². The Balaban J connectivity index is 1.61. The predicted octanol–water partition coefficient (Wildman–Crippen LogP) is 4.13. The Kier molecular flexibility index (Phi) is 2.25. The summed E-state index contributed by atoms with van der Waals surface area (Å²) in [5, 5.41) is 9.37. The maximum atomic E-state index is 9.37. The van der Waals surface area contributed by atoms with Gasteiger partial charge in [-0.15, -0.1) is 0 Å². The summed E-state index contributed by atoms with van der Waals surface area (Å²) in [6.07, 6.45) is 7.93. The first-order chi connectivity index (χ1) is 9.04. The maximum absolute atomic E-state index is 9.37. The first-order valence-corrected chi connectivity index (χ1v) is 7.52. The highest BCUT2D eigenvalue weighted by atomic mass is 16.5. The summed E-state index contributed by atoms with van der Waals surface area (Å²) in [6.45, 7) is 2.46. The zero-order chi connectivity index (χ0) is 13.1. The summed E-state index contributed by atoms with van der Waals surface area (Å²) >= 11 is 0. The van der Waals surface area contributed by atoms with Crippen LogP contribution in [0.5, 0.6) is 11.5 Å². The third-order valence-electron chi connectivity index (χ3n) is 5.47. The Labute approximate surface area is 114 Å². The molecule has 2 heteroatoms. The van der Waals surface area contributed by atoms with Crippen molar-refractivity contribution < 1.29 is 9.84 Å². The van der Waals surface area contributed by atoms with E-state index < -0.39 is 0 Å². The van der Waals surface area contributed by atoms with Crippen molar-refractivity contribution in [3.05, 3.63) is 24.3 Å². The lowest BCUT2D eigenvalue weighted by atomic mass is 9.48. The van der Waals surface area contributed by atoms with Gasteiger partial charge in [-0.1, -0.05) is 6.92 Å². The molecule has 5 rings (SSSR count). The minimum absolute atomic E-state index is 0.0792. The van der Waals surface area contributed by atoms with Gasteiger partial charge in [-0.3, -0.25) is 0 Å². The molecule has 1 aromatic rings. The largest absolute Gasteiger partial charge is 0.508 e. The zero-order valence-corrected chi connectivity index (χ0v) is 11.6. The minimum Gasteiger partial charge on any atom is -0.508 e. The predicted molar refractivity (Wildman–Crippen MR) is 74.3 cm³/mol. The molecule has 2 atom stereocenters. The number of hydrogen-bond acceptors (Lipinski definition) is 2. The monoisotopic (exact) mass is 258 g/mol. The number of aromatic hydroxyl groups is 1. The molecule has 4 aliphatic rings.